The second kappa shape index (κ2) is 8.20. The van der Waals surface area contributed by atoms with Crippen molar-refractivity contribution in [2.45, 2.75) is 44.4 Å². The lowest BCUT2D eigenvalue weighted by atomic mass is 10.0. The van der Waals surface area contributed by atoms with Crippen LogP contribution in [-0.4, -0.2) is 59.7 Å². The first kappa shape index (κ1) is 23.1. The molecule has 1 aromatic heterocycles. The number of Topliss-reactive ketones (excluding diaryl/α,β-unsaturated/α-hetero) is 1. The number of nitrogens with one attached hydrogen (secondary N) is 1. The molecular weight excluding hydrogens is 452 g/mol. The zero-order valence-electron chi connectivity index (χ0n) is 19.8. The van der Waals surface area contributed by atoms with Crippen molar-refractivity contribution in [3.63, 3.8) is 0 Å². The minimum Gasteiger partial charge on any atom is -0.450 e. The monoisotopic (exact) mass is 483 g/mol. The number of hydrogen-bond donors (Lipinski definition) is 1. The molecule has 1 aromatic carbocycles. The summed E-state index contributed by atoms with van der Waals surface area (Å²) in [6.07, 6.45) is 0.286. The van der Waals surface area contributed by atoms with Crippen molar-refractivity contribution in [3.8, 4) is 0 Å². The van der Waals surface area contributed by atoms with Crippen LogP contribution in [0.3, 0.4) is 0 Å². The fourth-order valence-corrected chi connectivity index (χ4v) is 6.58. The van der Waals surface area contributed by atoms with Gasteiger partial charge in [0.25, 0.3) is 0 Å². The number of piperidine rings is 3. The van der Waals surface area contributed by atoms with Crippen molar-refractivity contribution < 1.29 is 28.3 Å². The van der Waals surface area contributed by atoms with E-state index in [1.54, 1.807) is 32.9 Å². The molecule has 7 nitrogen and oxygen atoms in total. The largest absolute Gasteiger partial charge is 0.450 e. The molecule has 2 aromatic rings. The Balaban J connectivity index is 1.31. The second-order valence-electron chi connectivity index (χ2n) is 10.9. The normalized spacial score (nSPS) is 29.7. The Morgan fingerprint density at radius 1 is 1.18 bits per heavy atom. The van der Waals surface area contributed by atoms with Gasteiger partial charge in [0.15, 0.2) is 11.6 Å². The summed E-state index contributed by atoms with van der Waals surface area (Å²) in [5.74, 6) is 0.288. The molecule has 180 valence electrons. The van der Waals surface area contributed by atoms with Crippen LogP contribution in [0.2, 0.25) is 0 Å². The van der Waals surface area contributed by atoms with Crippen LogP contribution in [0.1, 0.15) is 49.2 Å². The number of esters is 1. The molecule has 6 rings (SSSR count). The van der Waals surface area contributed by atoms with Gasteiger partial charge in [0.1, 0.15) is 18.7 Å². The van der Waals surface area contributed by atoms with Crippen LogP contribution in [0.25, 0.3) is 0 Å². The van der Waals surface area contributed by atoms with Gasteiger partial charge in [0.05, 0.1) is 19.0 Å². The van der Waals surface area contributed by atoms with Crippen molar-refractivity contribution in [2.24, 2.45) is 11.8 Å². The Hall–Kier alpha value is -2.71. The second-order valence-corrected chi connectivity index (χ2v) is 11.6. The molecule has 4 aliphatic rings. The van der Waals surface area contributed by atoms with Crippen molar-refractivity contribution in [2.75, 3.05) is 26.2 Å². The molecule has 1 aliphatic carbocycles. The summed E-state index contributed by atoms with van der Waals surface area (Å²) in [4.78, 5) is 38.8. The van der Waals surface area contributed by atoms with E-state index in [0.717, 1.165) is 25.1 Å². The first-order chi connectivity index (χ1) is 16.1. The number of nitrogens with zero attached hydrogens (tertiary/aromatic N) is 1. The maximum absolute atomic E-state index is 13.5. The van der Waals surface area contributed by atoms with Crippen molar-refractivity contribution in [1.29, 1.82) is 0 Å². The summed E-state index contributed by atoms with van der Waals surface area (Å²) in [7, 11) is 0. The van der Waals surface area contributed by atoms with Crippen molar-refractivity contribution >= 4 is 29.2 Å². The first-order valence-corrected chi connectivity index (χ1v) is 12.7. The van der Waals surface area contributed by atoms with Gasteiger partial charge in [0.2, 0.25) is 5.78 Å². The van der Waals surface area contributed by atoms with E-state index in [9.17, 15) is 14.4 Å². The molecule has 5 atom stereocenters. The number of hydrogen-bond acceptors (Lipinski definition) is 6. The van der Waals surface area contributed by atoms with E-state index in [1.165, 1.54) is 11.3 Å². The minimum atomic E-state index is -0.957. The van der Waals surface area contributed by atoms with E-state index >= 15 is 0 Å². The number of quaternary nitrogens is 1. The van der Waals surface area contributed by atoms with E-state index in [0.29, 0.717) is 29.1 Å². The molecule has 1 saturated carbocycles. The molecular formula is C26H31N2O5S+. The number of fused-ring (bicyclic) bond motifs is 1. The third kappa shape index (κ3) is 4.25. The third-order valence-corrected chi connectivity index (χ3v) is 8.04. The molecule has 3 aliphatic heterocycles. The number of carbonyl (C=O) groups excluding carboxylic acids is 3. The summed E-state index contributed by atoms with van der Waals surface area (Å²) in [6, 6.07) is 10.0. The van der Waals surface area contributed by atoms with Gasteiger partial charge in [-0.2, -0.15) is 11.3 Å². The molecule has 1 N–H and O–H groups in total. The van der Waals surface area contributed by atoms with E-state index in [2.05, 4.69) is 5.32 Å². The van der Waals surface area contributed by atoms with Crippen LogP contribution in [0, 0.1) is 11.8 Å². The lowest BCUT2D eigenvalue weighted by molar-refractivity contribution is -0.922. The predicted molar refractivity (Wildman–Crippen MR) is 127 cm³/mol. The quantitative estimate of drug-likeness (QED) is 0.366. The lowest BCUT2D eigenvalue weighted by Gasteiger charge is -2.41. The van der Waals surface area contributed by atoms with E-state index < -0.39 is 29.3 Å². The highest BCUT2D eigenvalue weighted by Crippen LogP contribution is 2.65. The van der Waals surface area contributed by atoms with Gasteiger partial charge >= 0.3 is 12.1 Å². The molecule has 3 saturated heterocycles. The first-order valence-electron chi connectivity index (χ1n) is 11.8. The summed E-state index contributed by atoms with van der Waals surface area (Å²) in [6.45, 7) is 8.24. The number of amides is 1. The fourth-order valence-electron chi connectivity index (χ4n) is 5.92. The maximum Gasteiger partial charge on any atom is 0.408 e. The molecule has 0 spiro atoms. The Bertz CT molecular complexity index is 1100. The highest BCUT2D eigenvalue weighted by atomic mass is 32.1. The number of carbonyl (C=O) groups is 3. The highest BCUT2D eigenvalue weighted by molar-refractivity contribution is 7.08. The average Bonchev–Trinajstić information content (AvgIpc) is 3.13. The van der Waals surface area contributed by atoms with Gasteiger partial charge in [-0.3, -0.25) is 4.79 Å². The van der Waals surface area contributed by atoms with Gasteiger partial charge < -0.3 is 19.3 Å². The molecule has 4 unspecified atom stereocenters. The molecule has 8 heteroatoms. The number of ketones is 1. The van der Waals surface area contributed by atoms with Gasteiger partial charge in [0, 0.05) is 23.3 Å². The number of ether oxygens (including phenoxy) is 2. The molecule has 4 heterocycles. The van der Waals surface area contributed by atoms with Gasteiger partial charge in [-0.15, -0.1) is 0 Å². The van der Waals surface area contributed by atoms with Crippen LogP contribution in [0.4, 0.5) is 4.79 Å². The van der Waals surface area contributed by atoms with E-state index in [4.69, 9.17) is 9.47 Å². The summed E-state index contributed by atoms with van der Waals surface area (Å²) >= 11 is 1.53. The maximum atomic E-state index is 13.5. The van der Waals surface area contributed by atoms with Gasteiger partial charge in [-0.25, -0.2) is 9.59 Å². The van der Waals surface area contributed by atoms with Crippen LogP contribution in [-0.2, 0) is 14.3 Å². The van der Waals surface area contributed by atoms with Crippen LogP contribution >= 0.6 is 11.3 Å². The highest BCUT2D eigenvalue weighted by Gasteiger charge is 2.81. The molecule has 4 fully saturated rings. The average molecular weight is 484 g/mol. The number of rotatable bonds is 7. The number of thiophene rings is 1. The topological polar surface area (TPSA) is 81.7 Å². The Kier molecular flexibility index (Phi) is 5.56. The van der Waals surface area contributed by atoms with Crippen LogP contribution < -0.4 is 5.32 Å². The minimum absolute atomic E-state index is 0.149. The standard InChI is InChI=1S/C26H30N2O5S/c1-25(2,3)33-24(31)27-22(17-7-5-4-6-8-17)23(30)32-26-16-28(11-9-19(26)20(26)13-28)14-21(29)18-10-12-34-15-18/h4-8,10,12,15,19-20,22H,9,11,13-14,16H2,1-3H3/p+1/t19?,20?,22?,26-,28?/m1/s1. The summed E-state index contributed by atoms with van der Waals surface area (Å²) in [5.41, 5.74) is 0.190. The van der Waals surface area contributed by atoms with Crippen LogP contribution in [0.15, 0.2) is 47.2 Å². The SMILES string of the molecule is CC(C)(C)OC(=O)NC(C(=O)O[C@]12C[N+]3(CC(=O)c4ccsc4)CCC1C2C3)c1ccccc1. The van der Waals surface area contributed by atoms with E-state index in [1.807, 2.05) is 35.0 Å². The molecule has 0 radical (unpaired) electrons. The molecule has 34 heavy (non-hydrogen) atoms. The zero-order valence-corrected chi connectivity index (χ0v) is 20.6. The van der Waals surface area contributed by atoms with Crippen molar-refractivity contribution in [1.82, 2.24) is 5.32 Å². The van der Waals surface area contributed by atoms with E-state index in [-0.39, 0.29) is 11.7 Å². The molecule has 1 amide bonds. The van der Waals surface area contributed by atoms with Gasteiger partial charge in [-0.05, 0) is 37.8 Å². The van der Waals surface area contributed by atoms with Crippen LogP contribution in [0.5, 0.6) is 0 Å². The Morgan fingerprint density at radius 3 is 2.62 bits per heavy atom. The summed E-state index contributed by atoms with van der Waals surface area (Å²) in [5, 5.41) is 6.53. The number of benzene rings is 1. The Morgan fingerprint density at radius 2 is 1.94 bits per heavy atom. The summed E-state index contributed by atoms with van der Waals surface area (Å²) < 4.78 is 12.3. The van der Waals surface area contributed by atoms with Crippen molar-refractivity contribution in [3.05, 3.63) is 58.3 Å². The smallest absolute Gasteiger partial charge is 0.408 e. The van der Waals surface area contributed by atoms with Gasteiger partial charge in [-0.1, -0.05) is 30.3 Å². The zero-order chi connectivity index (χ0) is 24.1. The third-order valence-electron chi connectivity index (χ3n) is 7.36. The predicted octanol–water partition coefficient (Wildman–Crippen LogP) is 3.96. The number of alkyl carbamates (subject to hydrolysis) is 1. The Labute approximate surface area is 203 Å². The molecule has 4 bridgehead atoms. The lowest BCUT2D eigenvalue weighted by Crippen LogP contribution is -2.57. The fraction of sp³-hybridized carbons (Fsp3) is 0.500.